The molecule has 1 fully saturated rings. The third-order valence-corrected chi connectivity index (χ3v) is 4.01. The van der Waals surface area contributed by atoms with Crippen LogP contribution in [0.4, 0.5) is 0 Å². The van der Waals surface area contributed by atoms with Crippen molar-refractivity contribution < 1.29 is 4.79 Å². The number of carbonyl (C=O) groups is 1. The number of likely N-dealkylation sites (tertiary alicyclic amines) is 1. The lowest BCUT2D eigenvalue weighted by Gasteiger charge is -2.30. The zero-order valence-electron chi connectivity index (χ0n) is 12.7. The number of hydrogen-bond acceptors (Lipinski definition) is 2. The van der Waals surface area contributed by atoms with Gasteiger partial charge < -0.3 is 10.2 Å². The molecule has 1 aliphatic heterocycles. The van der Waals surface area contributed by atoms with Crippen LogP contribution in [0.5, 0.6) is 0 Å². The van der Waals surface area contributed by atoms with Gasteiger partial charge in [-0.05, 0) is 37.8 Å². The number of piperidine rings is 1. The van der Waals surface area contributed by atoms with Crippen molar-refractivity contribution in [3.05, 3.63) is 35.4 Å². The highest BCUT2D eigenvalue weighted by atomic mass is 16.1. The maximum atomic E-state index is 11.9. The van der Waals surface area contributed by atoms with E-state index in [2.05, 4.69) is 48.3 Å². The molecule has 3 nitrogen and oxygen atoms in total. The maximum absolute atomic E-state index is 11.9. The molecule has 0 aromatic heterocycles. The molecule has 110 valence electrons. The van der Waals surface area contributed by atoms with Gasteiger partial charge in [0.25, 0.3) is 0 Å². The SMILES string of the molecule is Cc1ccc(CNC(=O)CCN2CCCC(C)C2)cc1. The molecule has 0 saturated carbocycles. The Hall–Kier alpha value is -1.35. The van der Waals surface area contributed by atoms with Crippen LogP contribution in [0.3, 0.4) is 0 Å². The first-order chi connectivity index (χ1) is 9.63. The van der Waals surface area contributed by atoms with Gasteiger partial charge in [0.2, 0.25) is 5.91 Å². The quantitative estimate of drug-likeness (QED) is 0.895. The average Bonchev–Trinajstić information content (AvgIpc) is 2.45. The van der Waals surface area contributed by atoms with Crippen LogP contribution in [-0.4, -0.2) is 30.4 Å². The number of nitrogens with zero attached hydrogens (tertiary/aromatic N) is 1. The number of rotatable bonds is 5. The molecule has 0 aliphatic carbocycles. The molecular formula is C17H26N2O. The van der Waals surface area contributed by atoms with Crippen LogP contribution in [-0.2, 0) is 11.3 Å². The molecular weight excluding hydrogens is 248 g/mol. The number of nitrogens with one attached hydrogen (secondary N) is 1. The largest absolute Gasteiger partial charge is 0.352 e. The second-order valence-corrected chi connectivity index (χ2v) is 6.06. The normalized spacial score (nSPS) is 19.8. The number of benzene rings is 1. The third kappa shape index (κ3) is 4.97. The molecule has 1 atom stereocenters. The van der Waals surface area contributed by atoms with Gasteiger partial charge in [-0.2, -0.15) is 0 Å². The third-order valence-electron chi connectivity index (χ3n) is 4.01. The fourth-order valence-electron chi connectivity index (χ4n) is 2.74. The Morgan fingerprint density at radius 1 is 1.35 bits per heavy atom. The number of carbonyl (C=O) groups excluding carboxylic acids is 1. The Morgan fingerprint density at radius 2 is 2.10 bits per heavy atom. The van der Waals surface area contributed by atoms with Crippen molar-refractivity contribution in [1.82, 2.24) is 10.2 Å². The van der Waals surface area contributed by atoms with Crippen LogP contribution >= 0.6 is 0 Å². The van der Waals surface area contributed by atoms with Crippen molar-refractivity contribution in [2.75, 3.05) is 19.6 Å². The lowest BCUT2D eigenvalue weighted by atomic mass is 10.0. The molecule has 1 N–H and O–H groups in total. The average molecular weight is 274 g/mol. The smallest absolute Gasteiger partial charge is 0.221 e. The summed E-state index contributed by atoms with van der Waals surface area (Å²) in [6.07, 6.45) is 3.21. The minimum atomic E-state index is 0.156. The van der Waals surface area contributed by atoms with E-state index < -0.39 is 0 Å². The first-order valence-corrected chi connectivity index (χ1v) is 7.68. The van der Waals surface area contributed by atoms with Crippen LogP contribution < -0.4 is 5.32 Å². The van der Waals surface area contributed by atoms with E-state index in [0.29, 0.717) is 13.0 Å². The van der Waals surface area contributed by atoms with Crippen LogP contribution in [0.2, 0.25) is 0 Å². The van der Waals surface area contributed by atoms with E-state index in [-0.39, 0.29) is 5.91 Å². The summed E-state index contributed by atoms with van der Waals surface area (Å²) in [7, 11) is 0. The fourth-order valence-corrected chi connectivity index (χ4v) is 2.74. The number of aryl methyl sites for hydroxylation is 1. The highest BCUT2D eigenvalue weighted by Gasteiger charge is 2.16. The van der Waals surface area contributed by atoms with Crippen molar-refractivity contribution in [2.45, 2.75) is 39.7 Å². The molecule has 1 amide bonds. The summed E-state index contributed by atoms with van der Waals surface area (Å²) in [6, 6.07) is 8.30. The zero-order valence-corrected chi connectivity index (χ0v) is 12.7. The van der Waals surface area contributed by atoms with E-state index in [9.17, 15) is 4.79 Å². The maximum Gasteiger partial charge on any atom is 0.221 e. The topological polar surface area (TPSA) is 32.3 Å². The Bertz CT molecular complexity index is 427. The predicted molar refractivity (Wildman–Crippen MR) is 82.5 cm³/mol. The Morgan fingerprint density at radius 3 is 2.80 bits per heavy atom. The van der Waals surface area contributed by atoms with Crippen molar-refractivity contribution >= 4 is 5.91 Å². The monoisotopic (exact) mass is 274 g/mol. The summed E-state index contributed by atoms with van der Waals surface area (Å²) in [5, 5.41) is 3.00. The van der Waals surface area contributed by atoms with E-state index in [0.717, 1.165) is 31.1 Å². The van der Waals surface area contributed by atoms with E-state index in [1.54, 1.807) is 0 Å². The van der Waals surface area contributed by atoms with Gasteiger partial charge in [0, 0.05) is 26.1 Å². The molecule has 1 aliphatic rings. The molecule has 1 unspecified atom stereocenters. The lowest BCUT2D eigenvalue weighted by Crippen LogP contribution is -2.37. The summed E-state index contributed by atoms with van der Waals surface area (Å²) in [5.74, 6) is 0.933. The van der Waals surface area contributed by atoms with Crippen molar-refractivity contribution in [3.63, 3.8) is 0 Å². The lowest BCUT2D eigenvalue weighted by molar-refractivity contribution is -0.121. The summed E-state index contributed by atoms with van der Waals surface area (Å²) in [6.45, 7) is 8.19. The summed E-state index contributed by atoms with van der Waals surface area (Å²) in [5.41, 5.74) is 2.41. The Labute approximate surface area is 122 Å². The first kappa shape index (κ1) is 15.0. The highest BCUT2D eigenvalue weighted by molar-refractivity contribution is 5.76. The minimum absolute atomic E-state index is 0.156. The van der Waals surface area contributed by atoms with Crippen LogP contribution in [0.15, 0.2) is 24.3 Å². The van der Waals surface area contributed by atoms with Crippen LogP contribution in [0.1, 0.15) is 37.3 Å². The van der Waals surface area contributed by atoms with E-state index in [1.807, 2.05) is 0 Å². The van der Waals surface area contributed by atoms with Gasteiger partial charge in [-0.1, -0.05) is 36.8 Å². The Balaban J connectivity index is 1.66. The Kier molecular flexibility index (Phi) is 5.60. The zero-order chi connectivity index (χ0) is 14.4. The number of hydrogen-bond donors (Lipinski definition) is 1. The van der Waals surface area contributed by atoms with Crippen molar-refractivity contribution in [3.8, 4) is 0 Å². The van der Waals surface area contributed by atoms with Gasteiger partial charge >= 0.3 is 0 Å². The van der Waals surface area contributed by atoms with Gasteiger partial charge in [-0.25, -0.2) is 0 Å². The fraction of sp³-hybridized carbons (Fsp3) is 0.588. The summed E-state index contributed by atoms with van der Waals surface area (Å²) >= 11 is 0. The molecule has 3 heteroatoms. The van der Waals surface area contributed by atoms with E-state index in [1.165, 1.54) is 18.4 Å². The van der Waals surface area contributed by atoms with Gasteiger partial charge in [-0.15, -0.1) is 0 Å². The highest BCUT2D eigenvalue weighted by Crippen LogP contribution is 2.15. The van der Waals surface area contributed by atoms with Crippen LogP contribution in [0.25, 0.3) is 0 Å². The summed E-state index contributed by atoms with van der Waals surface area (Å²) in [4.78, 5) is 14.3. The second-order valence-electron chi connectivity index (χ2n) is 6.06. The second kappa shape index (κ2) is 7.44. The molecule has 1 aromatic carbocycles. The predicted octanol–water partition coefficient (Wildman–Crippen LogP) is 2.73. The molecule has 0 bridgehead atoms. The number of amides is 1. The van der Waals surface area contributed by atoms with Gasteiger partial charge in [-0.3, -0.25) is 4.79 Å². The van der Waals surface area contributed by atoms with Gasteiger partial charge in [0.15, 0.2) is 0 Å². The van der Waals surface area contributed by atoms with Crippen molar-refractivity contribution in [1.29, 1.82) is 0 Å². The molecule has 20 heavy (non-hydrogen) atoms. The molecule has 1 saturated heterocycles. The van der Waals surface area contributed by atoms with Gasteiger partial charge in [0.05, 0.1) is 0 Å². The van der Waals surface area contributed by atoms with Crippen LogP contribution in [0, 0.1) is 12.8 Å². The first-order valence-electron chi connectivity index (χ1n) is 7.68. The van der Waals surface area contributed by atoms with E-state index >= 15 is 0 Å². The molecule has 0 spiro atoms. The van der Waals surface area contributed by atoms with E-state index in [4.69, 9.17) is 0 Å². The van der Waals surface area contributed by atoms with Crippen molar-refractivity contribution in [2.24, 2.45) is 5.92 Å². The molecule has 2 rings (SSSR count). The standard InChI is InChI=1S/C17H26N2O/c1-14-5-7-16(8-6-14)12-18-17(20)9-11-19-10-3-4-15(2)13-19/h5-8,15H,3-4,9-13H2,1-2H3,(H,18,20). The van der Waals surface area contributed by atoms with Gasteiger partial charge in [0.1, 0.15) is 0 Å². The molecule has 1 heterocycles. The molecule has 0 radical (unpaired) electrons. The minimum Gasteiger partial charge on any atom is -0.352 e. The summed E-state index contributed by atoms with van der Waals surface area (Å²) < 4.78 is 0. The molecule has 1 aromatic rings.